The van der Waals surface area contributed by atoms with Gasteiger partial charge < -0.3 is 19.5 Å². The topological polar surface area (TPSA) is 63.6 Å². The average molecular weight is 364 g/mol. The van der Waals surface area contributed by atoms with Crippen LogP contribution in [-0.4, -0.2) is 42.1 Å². The Balaban J connectivity index is 0.00000225. The van der Waals surface area contributed by atoms with Gasteiger partial charge in [0.05, 0.1) is 18.7 Å². The van der Waals surface area contributed by atoms with Crippen molar-refractivity contribution in [2.24, 2.45) is 7.05 Å². The number of carbonyl (C=O) groups excluding carboxylic acids is 1. The van der Waals surface area contributed by atoms with Gasteiger partial charge in [0.15, 0.2) is 0 Å². The summed E-state index contributed by atoms with van der Waals surface area (Å²) < 4.78 is 6.88. The lowest BCUT2D eigenvalue weighted by Gasteiger charge is -2.37. The van der Waals surface area contributed by atoms with Crippen LogP contribution in [-0.2, 0) is 7.05 Å². The number of amides is 1. The van der Waals surface area contributed by atoms with Crippen LogP contribution in [0.4, 0.5) is 0 Å². The van der Waals surface area contributed by atoms with Gasteiger partial charge in [0.25, 0.3) is 5.91 Å². The summed E-state index contributed by atoms with van der Waals surface area (Å²) in [6, 6.07) is 10.6. The highest BCUT2D eigenvalue weighted by Gasteiger charge is 2.30. The number of carbonyl (C=O) groups is 1. The number of para-hydroxylation sites is 1. The fourth-order valence-corrected chi connectivity index (χ4v) is 3.05. The van der Waals surface area contributed by atoms with Crippen molar-refractivity contribution in [3.05, 3.63) is 64.1 Å². The molecule has 0 aliphatic carbocycles. The molecule has 7 heteroatoms. The monoisotopic (exact) mass is 363 g/mol. The molecule has 6 nitrogen and oxygen atoms in total. The molecule has 1 fully saturated rings. The molecule has 1 atom stereocenters. The van der Waals surface area contributed by atoms with E-state index in [4.69, 9.17) is 4.74 Å². The van der Waals surface area contributed by atoms with Crippen molar-refractivity contribution in [2.75, 3.05) is 26.7 Å². The van der Waals surface area contributed by atoms with Crippen LogP contribution in [0.25, 0.3) is 0 Å². The Bertz CT molecular complexity index is 806. The molecule has 2 heterocycles. The number of aromatic nitrogens is 1. The van der Waals surface area contributed by atoms with Crippen LogP contribution < -0.4 is 15.6 Å². The van der Waals surface area contributed by atoms with E-state index in [2.05, 4.69) is 5.32 Å². The van der Waals surface area contributed by atoms with E-state index in [0.717, 1.165) is 17.9 Å². The molecule has 2 aromatic rings. The highest BCUT2D eigenvalue weighted by molar-refractivity contribution is 5.94. The van der Waals surface area contributed by atoms with E-state index < -0.39 is 0 Å². The Kier molecular flexibility index (Phi) is 6.22. The minimum absolute atomic E-state index is 0. The molecule has 0 spiro atoms. The number of nitrogens with zero attached hydrogens (tertiary/aromatic N) is 2. The molecule has 1 aliphatic rings. The number of aryl methyl sites for hydroxylation is 1. The lowest BCUT2D eigenvalue weighted by Crippen LogP contribution is -2.49. The number of ether oxygens (including phenoxy) is 1. The number of nitrogens with one attached hydrogen (secondary N) is 1. The highest BCUT2D eigenvalue weighted by Crippen LogP contribution is 2.30. The van der Waals surface area contributed by atoms with Gasteiger partial charge in [0, 0.05) is 44.5 Å². The zero-order valence-corrected chi connectivity index (χ0v) is 15.1. The SMILES string of the molecule is COc1ccccc1C1CNCCN1C(=O)c1ccc(=O)n(C)c1.Cl. The Morgan fingerprint density at radius 3 is 2.72 bits per heavy atom. The quantitative estimate of drug-likeness (QED) is 0.899. The first-order valence-electron chi connectivity index (χ1n) is 7.93. The van der Waals surface area contributed by atoms with Crippen molar-refractivity contribution in [2.45, 2.75) is 6.04 Å². The first kappa shape index (κ1) is 19.0. The molecule has 0 bridgehead atoms. The molecule has 1 saturated heterocycles. The summed E-state index contributed by atoms with van der Waals surface area (Å²) in [7, 11) is 3.28. The van der Waals surface area contributed by atoms with E-state index in [1.54, 1.807) is 26.4 Å². The van der Waals surface area contributed by atoms with Crippen LogP contribution >= 0.6 is 12.4 Å². The van der Waals surface area contributed by atoms with E-state index in [0.29, 0.717) is 18.7 Å². The lowest BCUT2D eigenvalue weighted by molar-refractivity contribution is 0.0630. The largest absolute Gasteiger partial charge is 0.496 e. The minimum atomic E-state index is -0.131. The number of hydrogen-bond donors (Lipinski definition) is 1. The van der Waals surface area contributed by atoms with Crippen LogP contribution in [0.5, 0.6) is 5.75 Å². The zero-order chi connectivity index (χ0) is 17.1. The van der Waals surface area contributed by atoms with Gasteiger partial charge in [-0.1, -0.05) is 18.2 Å². The van der Waals surface area contributed by atoms with Crippen LogP contribution in [0.2, 0.25) is 0 Å². The molecule has 1 unspecified atom stereocenters. The van der Waals surface area contributed by atoms with Crippen LogP contribution in [0.3, 0.4) is 0 Å². The van der Waals surface area contributed by atoms with E-state index in [9.17, 15) is 9.59 Å². The fourth-order valence-electron chi connectivity index (χ4n) is 3.05. The molecule has 0 saturated carbocycles. The lowest BCUT2D eigenvalue weighted by atomic mass is 10.0. The predicted octanol–water partition coefficient (Wildman–Crippen LogP) is 1.60. The molecule has 3 rings (SSSR count). The van der Waals surface area contributed by atoms with E-state index >= 15 is 0 Å². The van der Waals surface area contributed by atoms with Crippen molar-refractivity contribution in [1.29, 1.82) is 0 Å². The van der Waals surface area contributed by atoms with Crippen molar-refractivity contribution in [3.8, 4) is 5.75 Å². The van der Waals surface area contributed by atoms with Gasteiger partial charge in [-0.15, -0.1) is 12.4 Å². The van der Waals surface area contributed by atoms with Crippen molar-refractivity contribution < 1.29 is 9.53 Å². The average Bonchev–Trinajstić information content (AvgIpc) is 2.63. The number of hydrogen-bond acceptors (Lipinski definition) is 4. The van der Waals surface area contributed by atoms with Gasteiger partial charge in [-0.3, -0.25) is 9.59 Å². The predicted molar refractivity (Wildman–Crippen MR) is 98.6 cm³/mol. The molecule has 1 aromatic carbocycles. The Hall–Kier alpha value is -2.31. The number of piperazine rings is 1. The van der Waals surface area contributed by atoms with Gasteiger partial charge >= 0.3 is 0 Å². The molecule has 1 aromatic heterocycles. The molecule has 0 radical (unpaired) electrons. The smallest absolute Gasteiger partial charge is 0.255 e. The molecular weight excluding hydrogens is 342 g/mol. The first-order valence-corrected chi connectivity index (χ1v) is 7.93. The third-order valence-corrected chi connectivity index (χ3v) is 4.33. The third kappa shape index (κ3) is 3.86. The van der Waals surface area contributed by atoms with Crippen LogP contribution in [0.15, 0.2) is 47.4 Å². The van der Waals surface area contributed by atoms with Crippen molar-refractivity contribution in [1.82, 2.24) is 14.8 Å². The number of rotatable bonds is 3. The van der Waals surface area contributed by atoms with Gasteiger partial charge in [0.1, 0.15) is 5.75 Å². The van der Waals surface area contributed by atoms with E-state index in [-0.39, 0.29) is 29.9 Å². The number of halogens is 1. The second-order valence-electron chi connectivity index (χ2n) is 5.83. The summed E-state index contributed by atoms with van der Waals surface area (Å²) in [6.45, 7) is 2.01. The molecule has 1 aliphatic heterocycles. The van der Waals surface area contributed by atoms with Crippen molar-refractivity contribution in [3.63, 3.8) is 0 Å². The van der Waals surface area contributed by atoms with Gasteiger partial charge in [-0.05, 0) is 12.1 Å². The molecular formula is C18H22ClN3O3. The Labute approximate surface area is 152 Å². The van der Waals surface area contributed by atoms with E-state index in [1.165, 1.54) is 10.6 Å². The summed E-state index contributed by atoms with van der Waals surface area (Å²) in [5.41, 5.74) is 1.36. The number of methoxy groups -OCH3 is 1. The molecule has 1 amide bonds. The molecule has 134 valence electrons. The molecule has 1 N–H and O–H groups in total. The van der Waals surface area contributed by atoms with Crippen LogP contribution in [0.1, 0.15) is 22.0 Å². The minimum Gasteiger partial charge on any atom is -0.496 e. The number of pyridine rings is 1. The maximum Gasteiger partial charge on any atom is 0.255 e. The maximum absolute atomic E-state index is 13.0. The van der Waals surface area contributed by atoms with Gasteiger partial charge in [0.2, 0.25) is 5.56 Å². The summed E-state index contributed by atoms with van der Waals surface area (Å²) >= 11 is 0. The Morgan fingerprint density at radius 1 is 1.24 bits per heavy atom. The second-order valence-corrected chi connectivity index (χ2v) is 5.83. The van der Waals surface area contributed by atoms with E-state index in [1.807, 2.05) is 29.2 Å². The fraction of sp³-hybridized carbons (Fsp3) is 0.333. The maximum atomic E-state index is 13.0. The summed E-state index contributed by atoms with van der Waals surface area (Å²) in [4.78, 5) is 26.4. The van der Waals surface area contributed by atoms with Gasteiger partial charge in [-0.25, -0.2) is 0 Å². The van der Waals surface area contributed by atoms with Gasteiger partial charge in [-0.2, -0.15) is 0 Å². The summed E-state index contributed by atoms with van der Waals surface area (Å²) in [5.74, 6) is 0.687. The summed E-state index contributed by atoms with van der Waals surface area (Å²) in [6.07, 6.45) is 1.59. The second kappa shape index (κ2) is 8.18. The zero-order valence-electron chi connectivity index (χ0n) is 14.3. The van der Waals surface area contributed by atoms with Crippen LogP contribution in [0, 0.1) is 0 Å². The summed E-state index contributed by atoms with van der Waals surface area (Å²) in [5, 5.41) is 3.34. The third-order valence-electron chi connectivity index (χ3n) is 4.33. The highest BCUT2D eigenvalue weighted by atomic mass is 35.5. The Morgan fingerprint density at radius 2 is 2.00 bits per heavy atom. The normalized spacial score (nSPS) is 16.9. The first-order chi connectivity index (χ1) is 11.6. The standard InChI is InChI=1S/C18H21N3O3.ClH/c1-20-12-13(7-8-17(20)22)18(23)21-10-9-19-11-15(21)14-5-3-4-6-16(14)24-2;/h3-8,12,15,19H,9-11H2,1-2H3;1H. The molecule has 25 heavy (non-hydrogen) atoms. The number of benzene rings is 1. The van der Waals surface area contributed by atoms with Crippen molar-refractivity contribution >= 4 is 18.3 Å².